The van der Waals surface area contributed by atoms with Gasteiger partial charge in [0.05, 0.1) is 18.3 Å². The standard InChI is InChI=1S/C28H32Cl2N2O4Si/c1-27(2,3)37(4,5)36-19-16-22(31-14-15-35-26(31)34)32-24(23-20(29)12-9-13-21(23)30)28(32,17-19)25(33)18-10-7-6-8-11-18/h6-13,16,22,24H,14-15,17H2,1-5H3/t22-,24+,28+,32?/m0/s1. The van der Waals surface area contributed by atoms with Crippen molar-refractivity contribution in [1.29, 1.82) is 0 Å². The summed E-state index contributed by atoms with van der Waals surface area (Å²) in [6, 6.07) is 14.2. The van der Waals surface area contributed by atoms with Crippen LogP contribution in [-0.4, -0.2) is 54.9 Å². The molecule has 4 atom stereocenters. The van der Waals surface area contributed by atoms with Gasteiger partial charge in [-0.05, 0) is 36.3 Å². The molecule has 2 fully saturated rings. The number of fused-ring (bicyclic) bond motifs is 1. The number of Topliss-reactive ketones (excluding diaryl/α,β-unsaturated/α-hetero) is 1. The van der Waals surface area contributed by atoms with Crippen LogP contribution in [0.4, 0.5) is 4.79 Å². The molecule has 37 heavy (non-hydrogen) atoms. The van der Waals surface area contributed by atoms with Crippen LogP contribution in [0, 0.1) is 0 Å². The van der Waals surface area contributed by atoms with Gasteiger partial charge < -0.3 is 9.16 Å². The SMILES string of the molecule is CC(C)(C)[Si](C)(C)OC1=C[C@@H](N2CCOC2=O)N2[C@H](c3c(Cl)cccc3Cl)[C@@]2(C(=O)c2ccccc2)C1. The quantitative estimate of drug-likeness (QED) is 0.216. The minimum absolute atomic E-state index is 0.0430. The van der Waals surface area contributed by atoms with Crippen molar-refractivity contribution in [2.75, 3.05) is 13.2 Å². The molecule has 5 rings (SSSR count). The van der Waals surface area contributed by atoms with E-state index in [1.54, 1.807) is 23.1 Å². The lowest BCUT2D eigenvalue weighted by Crippen LogP contribution is -2.49. The van der Waals surface area contributed by atoms with Gasteiger partial charge in [0.2, 0.25) is 8.32 Å². The van der Waals surface area contributed by atoms with E-state index in [2.05, 4.69) is 38.8 Å². The highest BCUT2D eigenvalue weighted by Gasteiger charge is 2.73. The zero-order valence-electron chi connectivity index (χ0n) is 21.8. The first-order chi connectivity index (χ1) is 17.4. The van der Waals surface area contributed by atoms with E-state index in [1.807, 2.05) is 36.4 Å². The first-order valence-electron chi connectivity index (χ1n) is 12.5. The van der Waals surface area contributed by atoms with Crippen molar-refractivity contribution in [1.82, 2.24) is 9.80 Å². The maximum Gasteiger partial charge on any atom is 0.411 e. The van der Waals surface area contributed by atoms with Gasteiger partial charge >= 0.3 is 6.09 Å². The van der Waals surface area contributed by atoms with Crippen LogP contribution in [0.3, 0.4) is 0 Å². The maximum atomic E-state index is 14.4. The van der Waals surface area contributed by atoms with E-state index >= 15 is 0 Å². The minimum Gasteiger partial charge on any atom is -0.547 e. The molecular weight excluding hydrogens is 527 g/mol. The van der Waals surface area contributed by atoms with Crippen LogP contribution < -0.4 is 0 Å². The summed E-state index contributed by atoms with van der Waals surface area (Å²) < 4.78 is 12.1. The Balaban J connectivity index is 1.67. The number of amides is 1. The third kappa shape index (κ3) is 4.30. The van der Waals surface area contributed by atoms with Gasteiger partial charge in [0.25, 0.3) is 0 Å². The maximum absolute atomic E-state index is 14.4. The number of cyclic esters (lactones) is 1. The van der Waals surface area contributed by atoms with Crippen molar-refractivity contribution in [3.8, 4) is 0 Å². The lowest BCUT2D eigenvalue weighted by molar-refractivity contribution is 0.0821. The second-order valence-corrected chi connectivity index (χ2v) is 17.0. The van der Waals surface area contributed by atoms with E-state index in [0.29, 0.717) is 40.7 Å². The Morgan fingerprint density at radius 3 is 2.30 bits per heavy atom. The Morgan fingerprint density at radius 2 is 1.73 bits per heavy atom. The van der Waals surface area contributed by atoms with Crippen LogP contribution in [0.15, 0.2) is 60.4 Å². The van der Waals surface area contributed by atoms with Gasteiger partial charge in [-0.15, -0.1) is 0 Å². The topological polar surface area (TPSA) is 58.9 Å². The van der Waals surface area contributed by atoms with Crippen molar-refractivity contribution in [2.24, 2.45) is 0 Å². The summed E-state index contributed by atoms with van der Waals surface area (Å²) in [5, 5.41) is 0.932. The molecule has 0 spiro atoms. The monoisotopic (exact) mass is 558 g/mol. The second-order valence-electron chi connectivity index (χ2n) is 11.5. The molecule has 0 N–H and O–H groups in total. The summed E-state index contributed by atoms with van der Waals surface area (Å²) in [6.07, 6.45) is 1.40. The summed E-state index contributed by atoms with van der Waals surface area (Å²) in [5.41, 5.74) is 0.278. The molecule has 0 bridgehead atoms. The first kappa shape index (κ1) is 26.3. The summed E-state index contributed by atoms with van der Waals surface area (Å²) in [5.74, 6) is 0.679. The Bertz CT molecular complexity index is 1260. The van der Waals surface area contributed by atoms with Gasteiger partial charge in [-0.1, -0.05) is 80.4 Å². The van der Waals surface area contributed by atoms with Crippen molar-refractivity contribution in [2.45, 2.75) is 63.1 Å². The Labute approximate surface area is 229 Å². The zero-order chi connectivity index (χ0) is 26.8. The van der Waals surface area contributed by atoms with E-state index in [-0.39, 0.29) is 10.8 Å². The van der Waals surface area contributed by atoms with Crippen molar-refractivity contribution in [3.63, 3.8) is 0 Å². The lowest BCUT2D eigenvalue weighted by Gasteiger charge is -2.40. The molecule has 3 heterocycles. The molecular formula is C28H32Cl2N2O4Si. The number of carbonyl (C=O) groups excluding carboxylic acids is 2. The highest BCUT2D eigenvalue weighted by Crippen LogP contribution is 2.64. The molecule has 3 aliphatic heterocycles. The van der Waals surface area contributed by atoms with Crippen LogP contribution in [0.1, 0.15) is 49.2 Å². The predicted octanol–water partition coefficient (Wildman–Crippen LogP) is 7.06. The number of hydrogen-bond donors (Lipinski definition) is 0. The fourth-order valence-corrected chi connectivity index (χ4v) is 6.96. The van der Waals surface area contributed by atoms with Crippen molar-refractivity contribution in [3.05, 3.63) is 81.5 Å². The second kappa shape index (κ2) is 9.15. The Hall–Kier alpha value is -2.32. The number of carbonyl (C=O) groups is 2. The van der Waals surface area contributed by atoms with Crippen molar-refractivity contribution < 1.29 is 18.8 Å². The Morgan fingerprint density at radius 1 is 1.08 bits per heavy atom. The minimum atomic E-state index is -2.24. The van der Waals surface area contributed by atoms with Crippen molar-refractivity contribution >= 4 is 43.4 Å². The van der Waals surface area contributed by atoms with Crippen LogP contribution in [0.25, 0.3) is 0 Å². The summed E-state index contributed by atoms with van der Waals surface area (Å²) >= 11 is 13.4. The average Bonchev–Trinajstić information content (AvgIpc) is 3.29. The number of ketones is 1. The number of ether oxygens (including phenoxy) is 1. The fourth-order valence-electron chi connectivity index (χ4n) is 5.25. The number of halogens is 2. The average molecular weight is 560 g/mol. The van der Waals surface area contributed by atoms with Gasteiger partial charge in [0.1, 0.15) is 18.3 Å². The van der Waals surface area contributed by atoms with Crippen LogP contribution >= 0.6 is 23.2 Å². The number of rotatable bonds is 6. The molecule has 2 aromatic rings. The molecule has 9 heteroatoms. The molecule has 3 aliphatic rings. The summed E-state index contributed by atoms with van der Waals surface area (Å²) in [6.45, 7) is 11.6. The smallest absolute Gasteiger partial charge is 0.411 e. The van der Waals surface area contributed by atoms with E-state index in [4.69, 9.17) is 32.4 Å². The molecule has 0 radical (unpaired) electrons. The number of hydrogen-bond acceptors (Lipinski definition) is 5. The van der Waals surface area contributed by atoms with E-state index in [0.717, 1.165) is 5.76 Å². The van der Waals surface area contributed by atoms with Crippen LogP contribution in [-0.2, 0) is 9.16 Å². The van der Waals surface area contributed by atoms with E-state index < -0.39 is 32.2 Å². The molecule has 1 unspecified atom stereocenters. The summed E-state index contributed by atoms with van der Waals surface area (Å²) in [4.78, 5) is 30.9. The highest BCUT2D eigenvalue weighted by atomic mass is 35.5. The van der Waals surface area contributed by atoms with Gasteiger partial charge in [-0.2, -0.15) is 0 Å². The fraction of sp³-hybridized carbons (Fsp3) is 0.429. The van der Waals surface area contributed by atoms with Gasteiger partial charge in [0, 0.05) is 27.6 Å². The van der Waals surface area contributed by atoms with Gasteiger partial charge in [-0.3, -0.25) is 14.6 Å². The number of nitrogens with zero attached hydrogens (tertiary/aromatic N) is 2. The van der Waals surface area contributed by atoms with E-state index in [1.165, 1.54) is 0 Å². The largest absolute Gasteiger partial charge is 0.547 e. The normalized spacial score (nSPS) is 27.3. The lowest BCUT2D eigenvalue weighted by atomic mass is 9.86. The first-order valence-corrected chi connectivity index (χ1v) is 16.2. The Kier molecular flexibility index (Phi) is 6.50. The molecule has 6 nitrogen and oxygen atoms in total. The molecule has 0 saturated carbocycles. The molecule has 1 amide bonds. The molecule has 2 saturated heterocycles. The third-order valence-corrected chi connectivity index (χ3v) is 13.2. The predicted molar refractivity (Wildman–Crippen MR) is 147 cm³/mol. The zero-order valence-corrected chi connectivity index (χ0v) is 24.3. The molecule has 0 aromatic heterocycles. The molecule has 0 aliphatic carbocycles. The highest BCUT2D eigenvalue weighted by molar-refractivity contribution is 6.74. The molecule has 196 valence electrons. The summed E-state index contributed by atoms with van der Waals surface area (Å²) in [7, 11) is -2.24. The van der Waals surface area contributed by atoms with Gasteiger partial charge in [0.15, 0.2) is 5.78 Å². The molecule has 2 aromatic carbocycles. The van der Waals surface area contributed by atoms with Gasteiger partial charge in [-0.25, -0.2) is 4.79 Å². The third-order valence-electron chi connectivity index (χ3n) is 8.19. The van der Waals surface area contributed by atoms with E-state index in [9.17, 15) is 9.59 Å². The van der Waals surface area contributed by atoms with Crippen LogP contribution in [0.5, 0.6) is 0 Å². The number of benzene rings is 2. The van der Waals surface area contributed by atoms with Crippen LogP contribution in [0.2, 0.25) is 28.2 Å².